The number of hydrazine groups is 1. The molecule has 0 spiro atoms. The third-order valence-corrected chi connectivity index (χ3v) is 2.29. The second-order valence-corrected chi connectivity index (χ2v) is 3.50. The summed E-state index contributed by atoms with van der Waals surface area (Å²) in [5.74, 6) is 5.65. The molecular formula is C9H10N6OS. The predicted molar refractivity (Wildman–Crippen MR) is 66.3 cm³/mol. The van der Waals surface area contributed by atoms with Crippen LogP contribution in [0.15, 0.2) is 29.4 Å². The van der Waals surface area contributed by atoms with Gasteiger partial charge in [0.05, 0.1) is 6.21 Å². The summed E-state index contributed by atoms with van der Waals surface area (Å²) in [6.45, 7) is 0. The monoisotopic (exact) mass is 250 g/mol. The predicted octanol–water partition coefficient (Wildman–Crippen LogP) is 0.814. The summed E-state index contributed by atoms with van der Waals surface area (Å²) in [6.07, 6.45) is 1.46. The van der Waals surface area contributed by atoms with Crippen molar-refractivity contribution >= 4 is 24.4 Å². The molecule has 0 atom stereocenters. The number of para-hydroxylation sites is 1. The minimum absolute atomic E-state index is 0.133. The third-order valence-electron chi connectivity index (χ3n) is 2.03. The van der Waals surface area contributed by atoms with Crippen molar-refractivity contribution < 1.29 is 5.11 Å². The maximum absolute atomic E-state index is 9.54. The fourth-order valence-electron chi connectivity index (χ4n) is 1.21. The summed E-state index contributed by atoms with van der Waals surface area (Å²) in [5.41, 5.74) is 2.91. The summed E-state index contributed by atoms with van der Waals surface area (Å²) in [7, 11) is 0. The van der Waals surface area contributed by atoms with Crippen molar-refractivity contribution in [3.05, 3.63) is 34.6 Å². The number of anilines is 1. The van der Waals surface area contributed by atoms with Crippen LogP contribution in [0.5, 0.6) is 5.75 Å². The van der Waals surface area contributed by atoms with Gasteiger partial charge in [-0.05, 0) is 24.4 Å². The van der Waals surface area contributed by atoms with Crippen molar-refractivity contribution in [2.45, 2.75) is 0 Å². The molecule has 2 aromatic rings. The molecule has 2 rings (SSSR count). The fourth-order valence-corrected chi connectivity index (χ4v) is 1.39. The van der Waals surface area contributed by atoms with Gasteiger partial charge in [-0.1, -0.05) is 12.1 Å². The van der Waals surface area contributed by atoms with E-state index in [9.17, 15) is 5.11 Å². The van der Waals surface area contributed by atoms with E-state index in [4.69, 9.17) is 18.1 Å². The second kappa shape index (κ2) is 4.76. The zero-order valence-corrected chi connectivity index (χ0v) is 9.48. The number of hydrogen-bond acceptors (Lipinski definition) is 6. The number of phenolic OH excluding ortho intramolecular Hbond substituents is 1. The number of benzene rings is 1. The summed E-state index contributed by atoms with van der Waals surface area (Å²) >= 11 is 4.96. The van der Waals surface area contributed by atoms with Crippen LogP contribution in [-0.2, 0) is 0 Å². The zero-order chi connectivity index (χ0) is 12.3. The minimum Gasteiger partial charge on any atom is -0.507 e. The Balaban J connectivity index is 2.35. The van der Waals surface area contributed by atoms with Gasteiger partial charge in [0.25, 0.3) is 5.95 Å². The molecule has 0 aliphatic heterocycles. The van der Waals surface area contributed by atoms with Gasteiger partial charge in [-0.3, -0.25) is 5.43 Å². The Bertz CT molecular complexity index is 602. The number of H-pyrrole nitrogens is 1. The quantitative estimate of drug-likeness (QED) is 0.279. The van der Waals surface area contributed by atoms with Gasteiger partial charge in [0.15, 0.2) is 0 Å². The number of nitrogen functional groups attached to an aromatic ring is 1. The Kier molecular flexibility index (Phi) is 3.17. The highest BCUT2D eigenvalue weighted by molar-refractivity contribution is 7.71. The van der Waals surface area contributed by atoms with E-state index in [-0.39, 0.29) is 11.7 Å². The van der Waals surface area contributed by atoms with Gasteiger partial charge in [0.1, 0.15) is 5.75 Å². The largest absolute Gasteiger partial charge is 0.507 e. The van der Waals surface area contributed by atoms with Crippen LogP contribution in [0.3, 0.4) is 0 Å². The average Bonchev–Trinajstić information content (AvgIpc) is 2.69. The Hall–Kier alpha value is -2.19. The van der Waals surface area contributed by atoms with Crippen LogP contribution in [0.4, 0.5) is 5.95 Å². The molecule has 0 saturated carbocycles. The molecule has 0 radical (unpaired) electrons. The third kappa shape index (κ3) is 2.32. The molecule has 17 heavy (non-hydrogen) atoms. The van der Waals surface area contributed by atoms with E-state index in [1.165, 1.54) is 10.9 Å². The molecule has 1 aromatic carbocycles. The van der Waals surface area contributed by atoms with Gasteiger partial charge in [-0.25, -0.2) is 10.9 Å². The van der Waals surface area contributed by atoms with Gasteiger partial charge in [0, 0.05) is 5.56 Å². The lowest BCUT2D eigenvalue weighted by molar-refractivity contribution is 0.474. The highest BCUT2D eigenvalue weighted by atomic mass is 32.1. The number of hydrogen-bond donors (Lipinski definition) is 4. The number of rotatable bonds is 3. The SMILES string of the molecule is NNc1n[nH]c(=S)n1N=Cc1ccccc1O. The normalized spacial score (nSPS) is 10.9. The molecule has 1 aromatic heterocycles. The average molecular weight is 250 g/mol. The first-order valence-electron chi connectivity index (χ1n) is 4.69. The van der Waals surface area contributed by atoms with Crippen molar-refractivity contribution in [1.82, 2.24) is 14.9 Å². The first-order valence-corrected chi connectivity index (χ1v) is 5.09. The fraction of sp³-hybridized carbons (Fsp3) is 0. The molecule has 0 bridgehead atoms. The van der Waals surface area contributed by atoms with Crippen LogP contribution in [-0.4, -0.2) is 26.2 Å². The molecule has 7 nitrogen and oxygen atoms in total. The lowest BCUT2D eigenvalue weighted by Gasteiger charge is -1.99. The maximum Gasteiger partial charge on any atom is 0.258 e. The molecule has 0 saturated heterocycles. The number of aromatic hydroxyl groups is 1. The number of aromatic amines is 1. The summed E-state index contributed by atoms with van der Waals surface area (Å²) in [4.78, 5) is 0. The van der Waals surface area contributed by atoms with E-state index in [0.29, 0.717) is 10.3 Å². The van der Waals surface area contributed by atoms with E-state index < -0.39 is 0 Å². The molecule has 0 fully saturated rings. The molecule has 0 unspecified atom stereocenters. The van der Waals surface area contributed by atoms with Crippen LogP contribution in [0.1, 0.15) is 5.56 Å². The Labute approximate surface area is 102 Å². The van der Waals surface area contributed by atoms with E-state index in [1.54, 1.807) is 24.3 Å². The van der Waals surface area contributed by atoms with Crippen LogP contribution >= 0.6 is 12.2 Å². The van der Waals surface area contributed by atoms with Crippen molar-refractivity contribution in [2.24, 2.45) is 10.9 Å². The summed E-state index contributed by atoms with van der Waals surface area (Å²) in [6, 6.07) is 6.80. The standard InChI is InChI=1S/C9H10N6OS/c10-12-8-13-14-9(17)15(8)11-5-6-3-1-2-4-7(6)16/h1-5,16H,10H2,(H,12,13)(H,14,17). The zero-order valence-electron chi connectivity index (χ0n) is 8.66. The van der Waals surface area contributed by atoms with Crippen LogP contribution < -0.4 is 11.3 Å². The number of nitrogens with two attached hydrogens (primary N) is 1. The highest BCUT2D eigenvalue weighted by Gasteiger charge is 2.02. The number of nitrogens with zero attached hydrogens (tertiary/aromatic N) is 3. The summed E-state index contributed by atoms with van der Waals surface area (Å²) in [5, 5.41) is 19.9. The van der Waals surface area contributed by atoms with E-state index in [1.807, 2.05) is 0 Å². The number of aromatic nitrogens is 3. The first-order chi connectivity index (χ1) is 8.22. The Morgan fingerprint density at radius 2 is 2.29 bits per heavy atom. The van der Waals surface area contributed by atoms with Crippen molar-refractivity contribution in [3.63, 3.8) is 0 Å². The molecular weight excluding hydrogens is 240 g/mol. The molecule has 5 N–H and O–H groups in total. The van der Waals surface area contributed by atoms with E-state index in [0.717, 1.165) is 0 Å². The second-order valence-electron chi connectivity index (χ2n) is 3.11. The van der Waals surface area contributed by atoms with Gasteiger partial charge in [-0.15, -0.1) is 5.10 Å². The Morgan fingerprint density at radius 1 is 1.53 bits per heavy atom. The van der Waals surface area contributed by atoms with Gasteiger partial charge in [0.2, 0.25) is 4.77 Å². The maximum atomic E-state index is 9.54. The molecule has 8 heteroatoms. The molecule has 0 aliphatic carbocycles. The van der Waals surface area contributed by atoms with E-state index in [2.05, 4.69) is 20.7 Å². The number of phenols is 1. The van der Waals surface area contributed by atoms with Gasteiger partial charge >= 0.3 is 0 Å². The Morgan fingerprint density at radius 3 is 3.00 bits per heavy atom. The van der Waals surface area contributed by atoms with Crippen LogP contribution in [0.2, 0.25) is 0 Å². The topological polar surface area (TPSA) is 104 Å². The smallest absolute Gasteiger partial charge is 0.258 e. The first kappa shape index (κ1) is 11.3. The van der Waals surface area contributed by atoms with Crippen molar-refractivity contribution in [1.29, 1.82) is 0 Å². The van der Waals surface area contributed by atoms with Gasteiger partial charge in [-0.2, -0.15) is 9.78 Å². The number of nitrogens with one attached hydrogen (secondary N) is 2. The molecule has 88 valence electrons. The van der Waals surface area contributed by atoms with Gasteiger partial charge < -0.3 is 5.11 Å². The summed E-state index contributed by atoms with van der Waals surface area (Å²) < 4.78 is 1.60. The molecule has 1 heterocycles. The molecule has 0 aliphatic rings. The lowest BCUT2D eigenvalue weighted by atomic mass is 10.2. The van der Waals surface area contributed by atoms with Crippen LogP contribution in [0, 0.1) is 4.77 Å². The van der Waals surface area contributed by atoms with Crippen LogP contribution in [0.25, 0.3) is 0 Å². The lowest BCUT2D eigenvalue weighted by Crippen LogP contribution is -2.11. The highest BCUT2D eigenvalue weighted by Crippen LogP contribution is 2.13. The molecule has 0 amide bonds. The van der Waals surface area contributed by atoms with E-state index >= 15 is 0 Å². The van der Waals surface area contributed by atoms with Crippen molar-refractivity contribution in [3.8, 4) is 5.75 Å². The minimum atomic E-state index is 0.133. The van der Waals surface area contributed by atoms with Crippen molar-refractivity contribution in [2.75, 3.05) is 5.43 Å².